The van der Waals surface area contributed by atoms with Gasteiger partial charge in [-0.2, -0.15) is 7.82 Å². The summed E-state index contributed by atoms with van der Waals surface area (Å²) in [6.45, 7) is 22.1. The summed E-state index contributed by atoms with van der Waals surface area (Å²) in [6, 6.07) is 0. The van der Waals surface area contributed by atoms with E-state index in [4.69, 9.17) is 19.2 Å². The van der Waals surface area contributed by atoms with Gasteiger partial charge in [0.2, 0.25) is 0 Å². The van der Waals surface area contributed by atoms with Gasteiger partial charge < -0.3 is 32.7 Å². The first kappa shape index (κ1) is 104. The molecule has 0 aromatic heterocycles. The first-order valence-electron chi connectivity index (χ1n) is 45.6. The zero-order valence-electron chi connectivity index (χ0n) is 70.6. The number of phosphoric acid groups is 1. The van der Waals surface area contributed by atoms with Crippen LogP contribution in [-0.4, -0.2) is 95.0 Å². The zero-order chi connectivity index (χ0) is 73.2. The van der Waals surface area contributed by atoms with E-state index in [1.165, 1.54) is 515 Å². The van der Waals surface area contributed by atoms with Crippen molar-refractivity contribution in [1.82, 2.24) is 0 Å². The molecule has 0 radical (unpaired) electrons. The third-order valence-corrected chi connectivity index (χ3v) is 21.7. The van der Waals surface area contributed by atoms with E-state index in [0.29, 0.717) is 0 Å². The van der Waals surface area contributed by atoms with Crippen molar-refractivity contribution in [3.8, 4) is 0 Å². The van der Waals surface area contributed by atoms with Crippen LogP contribution in [0, 0.1) is 0 Å². The SMILES string of the molecule is CCCCCCCCCCCCCC[N+](C)(C)CCCCCCCCCCCCCC.CCCCCCCCCCCCCC[N+](C)(C)CCCCCCCCCCCCCC.CCCCCCCCCCCCCC[N+](C)(C)CCCCCCCCCCCCCC.O=P([O-])([O-])[O-]. The molecule has 0 aliphatic heterocycles. The van der Waals surface area contributed by atoms with Crippen LogP contribution in [0.1, 0.15) is 504 Å². The van der Waals surface area contributed by atoms with Crippen LogP contribution in [0.25, 0.3) is 0 Å². The van der Waals surface area contributed by atoms with Gasteiger partial charge in [0, 0.05) is 0 Å². The Morgan fingerprint density at radius 1 is 0.153 bits per heavy atom. The molecule has 0 amide bonds. The minimum Gasteiger partial charge on any atom is -0.822 e. The molecule has 0 aromatic carbocycles. The van der Waals surface area contributed by atoms with Crippen molar-refractivity contribution >= 4 is 7.82 Å². The van der Waals surface area contributed by atoms with E-state index >= 15 is 0 Å². The van der Waals surface area contributed by atoms with E-state index in [2.05, 4.69) is 83.8 Å². The van der Waals surface area contributed by atoms with Crippen molar-refractivity contribution in [2.45, 2.75) is 504 Å². The Labute approximate surface area is 622 Å². The van der Waals surface area contributed by atoms with Crippen molar-refractivity contribution in [3.05, 3.63) is 0 Å². The monoisotopic (exact) mass is 1410 g/mol. The molecule has 0 N–H and O–H groups in total. The second kappa shape index (κ2) is 85.9. The number of unbranched alkanes of at least 4 members (excludes halogenated alkanes) is 66. The third-order valence-electron chi connectivity index (χ3n) is 21.7. The van der Waals surface area contributed by atoms with Crippen LogP contribution >= 0.6 is 7.82 Å². The topological polar surface area (TPSA) is 86.2 Å². The molecule has 0 fully saturated rings. The van der Waals surface area contributed by atoms with Gasteiger partial charge in [-0.15, -0.1) is 0 Å². The molecular formula is C90H192N3O4P. The third kappa shape index (κ3) is 107. The number of rotatable bonds is 78. The maximum absolute atomic E-state index is 8.55. The summed E-state index contributed by atoms with van der Waals surface area (Å²) in [5.74, 6) is 0. The molecule has 0 spiro atoms. The molecule has 98 heavy (non-hydrogen) atoms. The summed E-state index contributed by atoms with van der Waals surface area (Å²) < 4.78 is 12.3. The second-order valence-electron chi connectivity index (χ2n) is 33.9. The molecule has 0 saturated carbocycles. The van der Waals surface area contributed by atoms with Crippen molar-refractivity contribution in [3.63, 3.8) is 0 Å². The van der Waals surface area contributed by atoms with Gasteiger partial charge in [-0.1, -0.05) is 427 Å². The predicted molar refractivity (Wildman–Crippen MR) is 440 cm³/mol. The fourth-order valence-electron chi connectivity index (χ4n) is 14.6. The predicted octanol–water partition coefficient (Wildman–Crippen LogP) is 28.6. The normalized spacial score (nSPS) is 12.0. The van der Waals surface area contributed by atoms with Crippen molar-refractivity contribution in [2.75, 3.05) is 81.6 Å². The first-order valence-corrected chi connectivity index (χ1v) is 47.0. The van der Waals surface area contributed by atoms with Gasteiger partial charge in [-0.3, -0.25) is 0 Å². The van der Waals surface area contributed by atoms with E-state index in [0.717, 1.165) is 0 Å². The lowest BCUT2D eigenvalue weighted by molar-refractivity contribution is -0.890. The molecule has 8 heteroatoms. The fourth-order valence-corrected chi connectivity index (χ4v) is 14.6. The van der Waals surface area contributed by atoms with Crippen LogP contribution in [0.4, 0.5) is 0 Å². The maximum atomic E-state index is 8.55. The number of hydrogen-bond donors (Lipinski definition) is 0. The minimum absolute atomic E-state index is 1.25. The molecule has 0 unspecified atom stereocenters. The van der Waals surface area contributed by atoms with Gasteiger partial charge in [-0.05, 0) is 77.0 Å². The van der Waals surface area contributed by atoms with Crippen LogP contribution in [0.5, 0.6) is 0 Å². The van der Waals surface area contributed by atoms with E-state index < -0.39 is 7.82 Å². The molecule has 0 heterocycles. The molecule has 0 rings (SSSR count). The Kier molecular flexibility index (Phi) is 91.5. The van der Waals surface area contributed by atoms with Crippen LogP contribution in [-0.2, 0) is 4.57 Å². The summed E-state index contributed by atoms with van der Waals surface area (Å²) in [5.41, 5.74) is 0. The molecule has 596 valence electrons. The van der Waals surface area contributed by atoms with Gasteiger partial charge >= 0.3 is 0 Å². The molecule has 0 aliphatic carbocycles. The summed E-state index contributed by atoms with van der Waals surface area (Å²) in [6.07, 6.45) is 105. The van der Waals surface area contributed by atoms with Gasteiger partial charge in [0.05, 0.1) is 81.6 Å². The van der Waals surface area contributed by atoms with E-state index in [9.17, 15) is 0 Å². The van der Waals surface area contributed by atoms with Crippen LogP contribution in [0.2, 0.25) is 0 Å². The Balaban J connectivity index is -0.000000652. The number of hydrogen-bond acceptors (Lipinski definition) is 4. The summed E-state index contributed by atoms with van der Waals surface area (Å²) >= 11 is 0. The second-order valence-corrected chi connectivity index (χ2v) is 34.8. The number of nitrogens with zero attached hydrogens (tertiary/aromatic N) is 3. The lowest BCUT2D eigenvalue weighted by Crippen LogP contribution is -2.41. The highest BCUT2D eigenvalue weighted by Gasteiger charge is 2.16. The summed E-state index contributed by atoms with van der Waals surface area (Å²) in [5, 5.41) is 0. The highest BCUT2D eigenvalue weighted by Crippen LogP contribution is 2.20. The molecule has 0 bridgehead atoms. The van der Waals surface area contributed by atoms with Crippen molar-refractivity contribution in [2.24, 2.45) is 0 Å². The number of quaternary nitrogens is 3. The quantitative estimate of drug-likeness (QED) is 0.0345. The van der Waals surface area contributed by atoms with Gasteiger partial charge in [0.1, 0.15) is 0 Å². The Morgan fingerprint density at radius 2 is 0.214 bits per heavy atom. The molecule has 0 aromatic rings. The largest absolute Gasteiger partial charge is 0.822 e. The van der Waals surface area contributed by atoms with Gasteiger partial charge in [-0.25, -0.2) is 0 Å². The van der Waals surface area contributed by atoms with Crippen LogP contribution in [0.15, 0.2) is 0 Å². The van der Waals surface area contributed by atoms with E-state index in [1.807, 2.05) is 0 Å². The molecular weight excluding hydrogens is 1220 g/mol. The summed E-state index contributed by atoms with van der Waals surface area (Å²) in [4.78, 5) is 25.6. The average Bonchev–Trinajstić information content (AvgIpc) is 1.43. The van der Waals surface area contributed by atoms with Gasteiger partial charge in [0.25, 0.3) is 0 Å². The molecule has 0 saturated heterocycles. The van der Waals surface area contributed by atoms with E-state index in [-0.39, 0.29) is 0 Å². The molecule has 0 atom stereocenters. The fraction of sp³-hybridized carbons (Fsp3) is 1.00. The maximum Gasteiger partial charge on any atom is 0.0782 e. The lowest BCUT2D eigenvalue weighted by atomic mass is 10.0. The zero-order valence-corrected chi connectivity index (χ0v) is 71.5. The first-order chi connectivity index (χ1) is 47.4. The van der Waals surface area contributed by atoms with Gasteiger partial charge in [0.15, 0.2) is 0 Å². The smallest absolute Gasteiger partial charge is 0.0782 e. The van der Waals surface area contributed by atoms with E-state index in [1.54, 1.807) is 0 Å². The highest BCUT2D eigenvalue weighted by molar-refractivity contribution is 7.40. The Morgan fingerprint density at radius 3 is 0.286 bits per heavy atom. The standard InChI is InChI=1S/3C30H64N.H3O4P/c3*1-5-7-9-11-13-15-17-19-21-23-25-27-29-31(3,4)30-28-26-24-22-20-18-16-14-12-10-8-6-2;1-5(2,3)4/h3*5-30H2,1-4H3;(H3,1,2,3,4)/q3*+1;/p-3. The van der Waals surface area contributed by atoms with Crippen molar-refractivity contribution < 1.29 is 32.7 Å². The lowest BCUT2D eigenvalue weighted by Gasteiger charge is -2.36. The van der Waals surface area contributed by atoms with Crippen molar-refractivity contribution in [1.29, 1.82) is 0 Å². The van der Waals surface area contributed by atoms with Crippen LogP contribution < -0.4 is 14.7 Å². The highest BCUT2D eigenvalue weighted by atomic mass is 31.2. The molecule has 0 aliphatic rings. The average molecular weight is 1410 g/mol. The summed E-state index contributed by atoms with van der Waals surface area (Å²) in [7, 11) is 9.34. The Bertz CT molecular complexity index is 1200. The Hall–Kier alpha value is -0.0100. The molecule has 7 nitrogen and oxygen atoms in total. The van der Waals surface area contributed by atoms with Crippen LogP contribution in [0.3, 0.4) is 0 Å². The minimum atomic E-state index is -5.39.